The molecule has 1 aromatic rings. The van der Waals surface area contributed by atoms with Crippen LogP contribution in [0.2, 0.25) is 0 Å². The van der Waals surface area contributed by atoms with E-state index < -0.39 is 4.33 Å². The lowest BCUT2D eigenvalue weighted by Crippen LogP contribution is -2.36. The number of carbonyl (C=O) groups excluding carboxylic acids is 1. The van der Waals surface area contributed by atoms with Crippen molar-refractivity contribution in [3.8, 4) is 0 Å². The van der Waals surface area contributed by atoms with E-state index in [4.69, 9.17) is 23.2 Å². The average Bonchev–Trinajstić information content (AvgIpc) is 2.99. The third kappa shape index (κ3) is 3.62. The lowest BCUT2D eigenvalue weighted by molar-refractivity contribution is -0.122. The molecule has 2 atom stereocenters. The Morgan fingerprint density at radius 3 is 2.47 bits per heavy atom. The first-order chi connectivity index (χ1) is 8.92. The zero-order chi connectivity index (χ0) is 14.0. The van der Waals surface area contributed by atoms with Gasteiger partial charge in [-0.3, -0.25) is 4.79 Å². The lowest BCUT2D eigenvalue weighted by Gasteiger charge is -2.25. The quantitative estimate of drug-likeness (QED) is 0.848. The Kier molecular flexibility index (Phi) is 4.39. The van der Waals surface area contributed by atoms with Gasteiger partial charge in [0.25, 0.3) is 0 Å². The molecule has 2 rings (SSSR count). The normalized spacial score (nSPS) is 22.1. The first kappa shape index (κ1) is 14.6. The van der Waals surface area contributed by atoms with Crippen molar-refractivity contribution in [2.75, 3.05) is 20.6 Å². The molecule has 19 heavy (non-hydrogen) atoms. The van der Waals surface area contributed by atoms with Gasteiger partial charge in [0.05, 0.1) is 12.0 Å². The highest BCUT2D eigenvalue weighted by Gasteiger charge is 2.56. The number of benzene rings is 1. The molecule has 0 bridgehead atoms. The Labute approximate surface area is 123 Å². The van der Waals surface area contributed by atoms with Crippen molar-refractivity contribution in [2.45, 2.75) is 16.8 Å². The third-order valence-electron chi connectivity index (χ3n) is 3.42. The van der Waals surface area contributed by atoms with E-state index in [0.29, 0.717) is 13.0 Å². The zero-order valence-corrected chi connectivity index (χ0v) is 12.6. The Balaban J connectivity index is 1.94. The van der Waals surface area contributed by atoms with Crippen molar-refractivity contribution in [3.05, 3.63) is 35.9 Å². The van der Waals surface area contributed by atoms with Gasteiger partial charge in [-0.05, 0) is 26.1 Å². The summed E-state index contributed by atoms with van der Waals surface area (Å²) in [6.07, 6.45) is 0.542. The van der Waals surface area contributed by atoms with E-state index in [1.807, 2.05) is 32.3 Å². The van der Waals surface area contributed by atoms with Crippen LogP contribution in [0.1, 0.15) is 18.0 Å². The largest absolute Gasteiger partial charge is 0.354 e. The van der Waals surface area contributed by atoms with E-state index in [9.17, 15) is 4.79 Å². The summed E-state index contributed by atoms with van der Waals surface area (Å²) in [5.41, 5.74) is 1.17. The molecule has 0 spiro atoms. The van der Waals surface area contributed by atoms with Crippen LogP contribution in [0.3, 0.4) is 0 Å². The van der Waals surface area contributed by atoms with Gasteiger partial charge in [-0.15, -0.1) is 23.2 Å². The van der Waals surface area contributed by atoms with Gasteiger partial charge in [0, 0.05) is 6.54 Å². The smallest absolute Gasteiger partial charge is 0.226 e. The average molecular weight is 301 g/mol. The van der Waals surface area contributed by atoms with Gasteiger partial charge in [-0.1, -0.05) is 30.3 Å². The second kappa shape index (κ2) is 5.70. The fourth-order valence-corrected chi connectivity index (χ4v) is 2.60. The molecule has 0 saturated heterocycles. The van der Waals surface area contributed by atoms with E-state index in [1.54, 1.807) is 0 Å². The molecular formula is C14H18Cl2N2O. The van der Waals surface area contributed by atoms with Crippen LogP contribution >= 0.6 is 23.2 Å². The molecule has 1 amide bonds. The highest BCUT2D eigenvalue weighted by atomic mass is 35.5. The number of likely N-dealkylation sites (N-methyl/N-ethyl adjacent to an activating group) is 1. The minimum Gasteiger partial charge on any atom is -0.354 e. The first-order valence-electron chi connectivity index (χ1n) is 6.29. The molecule has 1 aliphatic rings. The van der Waals surface area contributed by atoms with Crippen LogP contribution in [-0.2, 0) is 4.79 Å². The summed E-state index contributed by atoms with van der Waals surface area (Å²) in [7, 11) is 3.99. The van der Waals surface area contributed by atoms with Crippen molar-refractivity contribution in [3.63, 3.8) is 0 Å². The molecule has 2 unspecified atom stereocenters. The van der Waals surface area contributed by atoms with Gasteiger partial charge in [0.15, 0.2) is 0 Å². The number of hydrogen-bond donors (Lipinski definition) is 1. The topological polar surface area (TPSA) is 32.3 Å². The molecule has 0 radical (unpaired) electrons. The molecule has 3 nitrogen and oxygen atoms in total. The van der Waals surface area contributed by atoms with Crippen molar-refractivity contribution in [1.29, 1.82) is 0 Å². The van der Waals surface area contributed by atoms with E-state index in [-0.39, 0.29) is 17.9 Å². The monoisotopic (exact) mass is 300 g/mol. The van der Waals surface area contributed by atoms with Crippen LogP contribution in [0, 0.1) is 5.92 Å². The maximum absolute atomic E-state index is 11.9. The zero-order valence-electron chi connectivity index (χ0n) is 11.1. The summed E-state index contributed by atoms with van der Waals surface area (Å²) in [6, 6.07) is 10.2. The number of halogens is 2. The Hall–Kier alpha value is -0.770. The highest BCUT2D eigenvalue weighted by Crippen LogP contribution is 2.53. The van der Waals surface area contributed by atoms with Crippen LogP contribution in [0.4, 0.5) is 0 Å². The van der Waals surface area contributed by atoms with E-state index in [0.717, 1.165) is 0 Å². The highest BCUT2D eigenvalue weighted by molar-refractivity contribution is 6.52. The Morgan fingerprint density at radius 2 is 2.00 bits per heavy atom. The summed E-state index contributed by atoms with van der Waals surface area (Å²) in [5.74, 6) is -0.331. The van der Waals surface area contributed by atoms with E-state index in [1.165, 1.54) is 5.56 Å². The van der Waals surface area contributed by atoms with Crippen molar-refractivity contribution in [1.82, 2.24) is 10.2 Å². The summed E-state index contributed by atoms with van der Waals surface area (Å²) in [5, 5.41) is 2.93. The van der Waals surface area contributed by atoms with Crippen LogP contribution in [-0.4, -0.2) is 35.8 Å². The minimum absolute atomic E-state index is 0.0622. The molecule has 0 aromatic heterocycles. The standard InChI is InChI=1S/C14H18Cl2N2O/c1-18(2)12(10-6-4-3-5-7-10)9-17-13(19)11-8-14(11,15)16/h3-7,11-12H,8-9H2,1-2H3,(H,17,19). The van der Waals surface area contributed by atoms with Crippen LogP contribution in [0.5, 0.6) is 0 Å². The number of nitrogens with zero attached hydrogens (tertiary/aromatic N) is 1. The maximum atomic E-state index is 11.9. The van der Waals surface area contributed by atoms with Crippen molar-refractivity contribution in [2.24, 2.45) is 5.92 Å². The summed E-state index contributed by atoms with van der Waals surface area (Å²) >= 11 is 11.8. The number of rotatable bonds is 5. The Bertz CT molecular complexity index is 448. The van der Waals surface area contributed by atoms with Gasteiger partial charge < -0.3 is 10.2 Å². The number of amides is 1. The molecule has 1 N–H and O–H groups in total. The molecule has 1 aromatic carbocycles. The van der Waals surface area contributed by atoms with E-state index >= 15 is 0 Å². The van der Waals surface area contributed by atoms with Crippen LogP contribution in [0.25, 0.3) is 0 Å². The van der Waals surface area contributed by atoms with Gasteiger partial charge in [0.1, 0.15) is 4.33 Å². The second-order valence-electron chi connectivity index (χ2n) is 5.15. The van der Waals surface area contributed by atoms with Crippen molar-refractivity contribution >= 4 is 29.1 Å². The molecule has 104 valence electrons. The maximum Gasteiger partial charge on any atom is 0.226 e. The molecule has 1 fully saturated rings. The molecule has 0 aliphatic heterocycles. The van der Waals surface area contributed by atoms with Gasteiger partial charge in [0.2, 0.25) is 5.91 Å². The number of alkyl halides is 2. The molecule has 0 heterocycles. The van der Waals surface area contributed by atoms with Crippen molar-refractivity contribution < 1.29 is 4.79 Å². The molecule has 1 saturated carbocycles. The summed E-state index contributed by atoms with van der Waals surface area (Å²) < 4.78 is -0.857. The van der Waals surface area contributed by atoms with Gasteiger partial charge in [-0.25, -0.2) is 0 Å². The molecule has 5 heteroatoms. The van der Waals surface area contributed by atoms with Crippen LogP contribution in [0.15, 0.2) is 30.3 Å². The van der Waals surface area contributed by atoms with Crippen LogP contribution < -0.4 is 5.32 Å². The summed E-state index contributed by atoms with van der Waals surface area (Å²) in [4.78, 5) is 14.0. The number of carbonyl (C=O) groups is 1. The fraction of sp³-hybridized carbons (Fsp3) is 0.500. The fourth-order valence-electron chi connectivity index (χ4n) is 2.09. The third-order valence-corrected chi connectivity index (χ3v) is 4.26. The molecule has 1 aliphatic carbocycles. The predicted octanol–water partition coefficient (Wildman–Crippen LogP) is 2.60. The van der Waals surface area contributed by atoms with E-state index in [2.05, 4.69) is 22.3 Å². The SMILES string of the molecule is CN(C)C(CNC(=O)C1CC1(Cl)Cl)c1ccccc1. The number of nitrogens with one attached hydrogen (secondary N) is 1. The Morgan fingerprint density at radius 1 is 1.42 bits per heavy atom. The second-order valence-corrected chi connectivity index (χ2v) is 6.70. The van der Waals surface area contributed by atoms with Gasteiger partial charge in [-0.2, -0.15) is 0 Å². The first-order valence-corrected chi connectivity index (χ1v) is 7.04. The lowest BCUT2D eigenvalue weighted by atomic mass is 10.1. The molecular weight excluding hydrogens is 283 g/mol. The van der Waals surface area contributed by atoms with Gasteiger partial charge >= 0.3 is 0 Å². The minimum atomic E-state index is -0.857. The predicted molar refractivity (Wildman–Crippen MR) is 78.4 cm³/mol. The summed E-state index contributed by atoms with van der Waals surface area (Å²) in [6.45, 7) is 0.552. The number of hydrogen-bond acceptors (Lipinski definition) is 2.